The van der Waals surface area contributed by atoms with Crippen molar-refractivity contribution in [3.63, 3.8) is 0 Å². The Morgan fingerprint density at radius 3 is 2.75 bits per heavy atom. The van der Waals surface area contributed by atoms with Gasteiger partial charge in [-0.1, -0.05) is 18.2 Å². The summed E-state index contributed by atoms with van der Waals surface area (Å²) < 4.78 is 7.26. The number of nitrogens with one attached hydrogen (secondary N) is 1. The predicted octanol–water partition coefficient (Wildman–Crippen LogP) is 2.01. The number of para-hydroxylation sites is 1. The van der Waals surface area contributed by atoms with E-state index in [4.69, 9.17) is 4.74 Å². The second kappa shape index (κ2) is 8.69. The number of hydrogen-bond acceptors (Lipinski definition) is 6. The van der Waals surface area contributed by atoms with Crippen molar-refractivity contribution in [1.82, 2.24) is 25.1 Å². The number of hydrogen-bond donors (Lipinski definition) is 1. The molecule has 28 heavy (non-hydrogen) atoms. The Morgan fingerprint density at radius 2 is 1.93 bits per heavy atom. The van der Waals surface area contributed by atoms with Crippen molar-refractivity contribution in [2.45, 2.75) is 25.8 Å². The van der Waals surface area contributed by atoms with E-state index in [9.17, 15) is 4.79 Å². The van der Waals surface area contributed by atoms with Gasteiger partial charge in [-0.15, -0.1) is 0 Å². The van der Waals surface area contributed by atoms with E-state index in [0.717, 1.165) is 29.9 Å². The number of anilines is 1. The molecule has 8 nitrogen and oxygen atoms in total. The van der Waals surface area contributed by atoms with E-state index in [-0.39, 0.29) is 12.5 Å². The summed E-state index contributed by atoms with van der Waals surface area (Å²) in [7, 11) is 0. The quantitative estimate of drug-likeness (QED) is 0.675. The van der Waals surface area contributed by atoms with Crippen LogP contribution in [0, 0.1) is 0 Å². The van der Waals surface area contributed by atoms with Gasteiger partial charge in [-0.2, -0.15) is 5.10 Å². The molecule has 0 unspecified atom stereocenters. The molecule has 1 aliphatic rings. The monoisotopic (exact) mass is 380 g/mol. The third kappa shape index (κ3) is 4.21. The van der Waals surface area contributed by atoms with Crippen molar-refractivity contribution < 1.29 is 9.53 Å². The molecule has 0 aliphatic carbocycles. The minimum atomic E-state index is -0.163. The molecule has 1 aliphatic heterocycles. The van der Waals surface area contributed by atoms with Crippen LogP contribution in [0.3, 0.4) is 0 Å². The van der Waals surface area contributed by atoms with Crippen molar-refractivity contribution >= 4 is 22.8 Å². The van der Waals surface area contributed by atoms with Gasteiger partial charge < -0.3 is 15.0 Å². The standard InChI is InChI=1S/C20H24N6O2/c27-18(14-28-16-7-3-1-4-8-16)21-9-12-26-20-17(13-24-26)19(22-15-23-20)25-10-5-2-6-11-25/h1,3-4,7-8,13,15H,2,5-6,9-12,14H2,(H,21,27). The SMILES string of the molecule is O=C(COc1ccccc1)NCCn1ncc2c(N3CCCCC3)ncnc21. The fourth-order valence-electron chi connectivity index (χ4n) is 3.42. The van der Waals surface area contributed by atoms with E-state index in [2.05, 4.69) is 25.3 Å². The molecular formula is C20H24N6O2. The number of rotatable bonds is 7. The smallest absolute Gasteiger partial charge is 0.258 e. The number of piperidine rings is 1. The zero-order valence-corrected chi connectivity index (χ0v) is 15.8. The van der Waals surface area contributed by atoms with Gasteiger partial charge in [0.25, 0.3) is 5.91 Å². The van der Waals surface area contributed by atoms with Gasteiger partial charge in [0.2, 0.25) is 0 Å². The molecule has 0 atom stereocenters. The summed E-state index contributed by atoms with van der Waals surface area (Å²) in [6.45, 7) is 3.03. The van der Waals surface area contributed by atoms with Crippen molar-refractivity contribution in [2.75, 3.05) is 31.1 Å². The van der Waals surface area contributed by atoms with Crippen LogP contribution >= 0.6 is 0 Å². The zero-order chi connectivity index (χ0) is 19.2. The van der Waals surface area contributed by atoms with Crippen LogP contribution in [-0.4, -0.2) is 51.9 Å². The van der Waals surface area contributed by atoms with Crippen molar-refractivity contribution in [3.8, 4) is 5.75 Å². The maximum absolute atomic E-state index is 12.0. The van der Waals surface area contributed by atoms with Crippen LogP contribution in [0.2, 0.25) is 0 Å². The van der Waals surface area contributed by atoms with Crippen LogP contribution in [0.5, 0.6) is 5.75 Å². The van der Waals surface area contributed by atoms with E-state index in [0.29, 0.717) is 18.8 Å². The van der Waals surface area contributed by atoms with E-state index in [1.807, 2.05) is 41.2 Å². The highest BCUT2D eigenvalue weighted by Gasteiger charge is 2.17. The van der Waals surface area contributed by atoms with Crippen LogP contribution in [0.1, 0.15) is 19.3 Å². The van der Waals surface area contributed by atoms with Gasteiger partial charge in [0, 0.05) is 19.6 Å². The fraction of sp³-hybridized carbons (Fsp3) is 0.400. The molecular weight excluding hydrogens is 356 g/mol. The molecule has 4 rings (SSSR count). The second-order valence-corrected chi connectivity index (χ2v) is 6.80. The lowest BCUT2D eigenvalue weighted by Gasteiger charge is -2.27. The zero-order valence-electron chi connectivity index (χ0n) is 15.8. The number of ether oxygens (including phenoxy) is 1. The Morgan fingerprint density at radius 1 is 1.11 bits per heavy atom. The summed E-state index contributed by atoms with van der Waals surface area (Å²) >= 11 is 0. The first kappa shape index (κ1) is 18.2. The third-order valence-corrected chi connectivity index (χ3v) is 4.83. The Bertz CT molecular complexity index is 921. The van der Waals surface area contributed by atoms with Gasteiger partial charge in [0.1, 0.15) is 17.9 Å². The van der Waals surface area contributed by atoms with E-state index in [1.54, 1.807) is 6.33 Å². The topological polar surface area (TPSA) is 85.2 Å². The molecule has 1 amide bonds. The molecule has 0 bridgehead atoms. The van der Waals surface area contributed by atoms with Crippen molar-refractivity contribution in [3.05, 3.63) is 42.9 Å². The van der Waals surface area contributed by atoms with Crippen LogP contribution in [0.15, 0.2) is 42.9 Å². The first-order valence-corrected chi connectivity index (χ1v) is 9.67. The lowest BCUT2D eigenvalue weighted by Crippen LogP contribution is -2.32. The number of aromatic nitrogens is 4. The third-order valence-electron chi connectivity index (χ3n) is 4.83. The molecule has 146 valence electrons. The minimum Gasteiger partial charge on any atom is -0.484 e. The van der Waals surface area contributed by atoms with Crippen molar-refractivity contribution in [2.24, 2.45) is 0 Å². The highest BCUT2D eigenvalue weighted by atomic mass is 16.5. The second-order valence-electron chi connectivity index (χ2n) is 6.80. The lowest BCUT2D eigenvalue weighted by molar-refractivity contribution is -0.123. The summed E-state index contributed by atoms with van der Waals surface area (Å²) in [6.07, 6.45) is 7.07. The summed E-state index contributed by atoms with van der Waals surface area (Å²) in [5.41, 5.74) is 0.797. The Labute approximate surface area is 163 Å². The molecule has 1 aromatic carbocycles. The van der Waals surface area contributed by atoms with Gasteiger partial charge >= 0.3 is 0 Å². The molecule has 1 fully saturated rings. The molecule has 0 radical (unpaired) electrons. The van der Waals surface area contributed by atoms with E-state index >= 15 is 0 Å². The molecule has 1 N–H and O–H groups in total. The average molecular weight is 380 g/mol. The summed E-state index contributed by atoms with van der Waals surface area (Å²) in [4.78, 5) is 23.2. The van der Waals surface area contributed by atoms with Crippen LogP contribution in [-0.2, 0) is 11.3 Å². The highest BCUT2D eigenvalue weighted by Crippen LogP contribution is 2.25. The van der Waals surface area contributed by atoms with Gasteiger partial charge in [0.15, 0.2) is 12.3 Å². The van der Waals surface area contributed by atoms with Crippen molar-refractivity contribution in [1.29, 1.82) is 0 Å². The van der Waals surface area contributed by atoms with Gasteiger partial charge in [-0.3, -0.25) is 4.79 Å². The van der Waals surface area contributed by atoms with Crippen LogP contribution in [0.4, 0.5) is 5.82 Å². The molecule has 3 heterocycles. The maximum atomic E-state index is 12.0. The first-order valence-electron chi connectivity index (χ1n) is 9.67. The van der Waals surface area contributed by atoms with Gasteiger partial charge in [-0.05, 0) is 31.4 Å². The van der Waals surface area contributed by atoms with Gasteiger partial charge in [-0.25, -0.2) is 14.6 Å². The molecule has 3 aromatic rings. The number of carbonyl (C=O) groups excluding carboxylic acids is 1. The lowest BCUT2D eigenvalue weighted by atomic mass is 10.1. The first-order chi connectivity index (χ1) is 13.8. The number of carbonyl (C=O) groups is 1. The minimum absolute atomic E-state index is 0.00878. The van der Waals surface area contributed by atoms with Crippen LogP contribution in [0.25, 0.3) is 11.0 Å². The number of amides is 1. The maximum Gasteiger partial charge on any atom is 0.258 e. The van der Waals surface area contributed by atoms with Gasteiger partial charge in [0.05, 0.1) is 18.1 Å². The van der Waals surface area contributed by atoms with E-state index < -0.39 is 0 Å². The molecule has 0 spiro atoms. The molecule has 1 saturated heterocycles. The Balaban J connectivity index is 1.33. The number of fused-ring (bicyclic) bond motifs is 1. The van der Waals surface area contributed by atoms with E-state index in [1.165, 1.54) is 19.3 Å². The summed E-state index contributed by atoms with van der Waals surface area (Å²) in [6, 6.07) is 9.29. The Kier molecular flexibility index (Phi) is 5.65. The molecule has 0 saturated carbocycles. The normalized spacial score (nSPS) is 14.2. The summed E-state index contributed by atoms with van der Waals surface area (Å²) in [5, 5.41) is 8.26. The number of benzene rings is 1. The predicted molar refractivity (Wildman–Crippen MR) is 106 cm³/mol. The average Bonchev–Trinajstić information content (AvgIpc) is 3.17. The number of nitrogens with zero attached hydrogens (tertiary/aromatic N) is 5. The molecule has 8 heteroatoms. The highest BCUT2D eigenvalue weighted by molar-refractivity contribution is 5.86. The van der Waals surface area contributed by atoms with Crippen LogP contribution < -0.4 is 15.0 Å². The fourth-order valence-corrected chi connectivity index (χ4v) is 3.42. The molecule has 2 aromatic heterocycles. The Hall–Kier alpha value is -3.16. The largest absolute Gasteiger partial charge is 0.484 e. The summed E-state index contributed by atoms with van der Waals surface area (Å²) in [5.74, 6) is 1.47.